The third kappa shape index (κ3) is 2.11. The molecule has 0 aliphatic heterocycles. The molecule has 1 aromatic carbocycles. The van der Waals surface area contributed by atoms with Crippen LogP contribution in [0.1, 0.15) is 15.2 Å². The number of rotatable bonds is 3. The summed E-state index contributed by atoms with van der Waals surface area (Å²) in [6.07, 6.45) is 1.12. The summed E-state index contributed by atoms with van der Waals surface area (Å²) in [7, 11) is 0. The number of carbonyl (C=O) groups excluding carboxylic acids is 1. The van der Waals surface area contributed by atoms with E-state index in [0.29, 0.717) is 4.88 Å². The fourth-order valence-corrected chi connectivity index (χ4v) is 1.69. The van der Waals surface area contributed by atoms with E-state index in [-0.39, 0.29) is 17.8 Å². The first-order chi connectivity index (χ1) is 7.68. The van der Waals surface area contributed by atoms with Crippen molar-refractivity contribution in [1.29, 1.82) is 0 Å². The van der Waals surface area contributed by atoms with E-state index in [0.717, 1.165) is 17.6 Å². The fraction of sp³-hybridized carbons (Fsp3) is 0.100. The smallest absolute Gasteiger partial charge is 0.180 e. The lowest BCUT2D eigenvalue weighted by Crippen LogP contribution is -2.04. The number of nitrogens with zero attached hydrogens (tertiary/aromatic N) is 2. The summed E-state index contributed by atoms with van der Waals surface area (Å²) in [5.74, 6) is -2.25. The van der Waals surface area contributed by atoms with Crippen LogP contribution in [0.4, 0.5) is 8.78 Å². The minimum Gasteiger partial charge on any atom is -0.293 e. The van der Waals surface area contributed by atoms with E-state index in [2.05, 4.69) is 9.59 Å². The number of hydrogen-bond donors (Lipinski definition) is 0. The van der Waals surface area contributed by atoms with Gasteiger partial charge < -0.3 is 0 Å². The molecule has 0 spiro atoms. The van der Waals surface area contributed by atoms with Crippen molar-refractivity contribution in [2.24, 2.45) is 0 Å². The largest absolute Gasteiger partial charge is 0.293 e. The standard InChI is InChI=1S/C10H6F2N2OS/c11-7-3-1-2-6(10(7)12)4-8(15)9-5-13-14-16-9/h1-3,5H,4H2. The van der Waals surface area contributed by atoms with Gasteiger partial charge in [0.1, 0.15) is 4.88 Å². The topological polar surface area (TPSA) is 42.9 Å². The molecule has 0 saturated heterocycles. The minimum atomic E-state index is -0.978. The molecule has 0 N–H and O–H groups in total. The Labute approximate surface area is 93.9 Å². The van der Waals surface area contributed by atoms with Crippen molar-refractivity contribution in [3.8, 4) is 0 Å². The number of halogens is 2. The molecule has 6 heteroatoms. The first-order valence-electron chi connectivity index (χ1n) is 4.42. The maximum absolute atomic E-state index is 13.2. The van der Waals surface area contributed by atoms with Crippen LogP contribution in [0.5, 0.6) is 0 Å². The minimum absolute atomic E-state index is 0.0402. The summed E-state index contributed by atoms with van der Waals surface area (Å²) < 4.78 is 29.6. The molecule has 0 aliphatic rings. The second-order valence-electron chi connectivity index (χ2n) is 3.09. The Morgan fingerprint density at radius 3 is 2.88 bits per heavy atom. The molecule has 0 radical (unpaired) electrons. The van der Waals surface area contributed by atoms with E-state index in [1.54, 1.807) is 0 Å². The molecule has 16 heavy (non-hydrogen) atoms. The maximum atomic E-state index is 13.2. The fourth-order valence-electron chi connectivity index (χ4n) is 1.24. The zero-order chi connectivity index (χ0) is 11.5. The summed E-state index contributed by atoms with van der Waals surface area (Å²) >= 11 is 0.933. The van der Waals surface area contributed by atoms with Crippen LogP contribution in [0, 0.1) is 11.6 Å². The number of Topliss-reactive ketones (excluding diaryl/α,β-unsaturated/α-hetero) is 1. The highest BCUT2D eigenvalue weighted by Crippen LogP contribution is 2.15. The molecule has 0 aliphatic carbocycles. The van der Waals surface area contributed by atoms with Gasteiger partial charge in [-0.3, -0.25) is 4.79 Å². The van der Waals surface area contributed by atoms with Crippen molar-refractivity contribution in [3.63, 3.8) is 0 Å². The first-order valence-corrected chi connectivity index (χ1v) is 5.19. The summed E-state index contributed by atoms with van der Waals surface area (Å²) in [5, 5.41) is 3.50. The molecule has 0 bridgehead atoms. The SMILES string of the molecule is O=C(Cc1cccc(F)c1F)c1cnns1. The molecule has 0 unspecified atom stereocenters. The molecule has 0 fully saturated rings. The molecule has 82 valence electrons. The van der Waals surface area contributed by atoms with Crippen LogP contribution in [0.3, 0.4) is 0 Å². The van der Waals surface area contributed by atoms with E-state index >= 15 is 0 Å². The molecule has 3 nitrogen and oxygen atoms in total. The van der Waals surface area contributed by atoms with E-state index in [4.69, 9.17) is 0 Å². The lowest BCUT2D eigenvalue weighted by Gasteiger charge is -2.01. The number of benzene rings is 1. The summed E-state index contributed by atoms with van der Waals surface area (Å²) in [4.78, 5) is 11.9. The Kier molecular flexibility index (Phi) is 3.00. The van der Waals surface area contributed by atoms with Crippen molar-refractivity contribution in [2.45, 2.75) is 6.42 Å². The van der Waals surface area contributed by atoms with Crippen LogP contribution >= 0.6 is 11.5 Å². The van der Waals surface area contributed by atoms with Gasteiger partial charge in [0.05, 0.1) is 6.20 Å². The average molecular weight is 240 g/mol. The predicted octanol–water partition coefficient (Wildman–Crippen LogP) is 2.24. The highest BCUT2D eigenvalue weighted by atomic mass is 32.1. The third-order valence-corrected chi connectivity index (χ3v) is 2.72. The summed E-state index contributed by atoms with van der Waals surface area (Å²) in [5.41, 5.74) is 0.0402. The Morgan fingerprint density at radius 2 is 2.19 bits per heavy atom. The van der Waals surface area contributed by atoms with Gasteiger partial charge in [0, 0.05) is 6.42 Å². The number of carbonyl (C=O) groups is 1. The van der Waals surface area contributed by atoms with E-state index in [9.17, 15) is 13.6 Å². The summed E-state index contributed by atoms with van der Waals surface area (Å²) in [6.45, 7) is 0. The van der Waals surface area contributed by atoms with Crippen LogP contribution in [-0.2, 0) is 6.42 Å². The second kappa shape index (κ2) is 4.44. The van der Waals surface area contributed by atoms with Crippen molar-refractivity contribution in [3.05, 3.63) is 46.5 Å². The van der Waals surface area contributed by atoms with Gasteiger partial charge in [0.2, 0.25) is 0 Å². The van der Waals surface area contributed by atoms with Crippen LogP contribution in [0.25, 0.3) is 0 Å². The van der Waals surface area contributed by atoms with E-state index < -0.39 is 11.6 Å². The van der Waals surface area contributed by atoms with Crippen LogP contribution in [0.2, 0.25) is 0 Å². The van der Waals surface area contributed by atoms with Gasteiger partial charge >= 0.3 is 0 Å². The van der Waals surface area contributed by atoms with E-state index in [1.807, 2.05) is 0 Å². The Balaban J connectivity index is 2.22. The number of hydrogen-bond acceptors (Lipinski definition) is 4. The molecular formula is C10H6F2N2OS. The van der Waals surface area contributed by atoms with Gasteiger partial charge in [-0.2, -0.15) is 0 Å². The Morgan fingerprint density at radius 1 is 1.38 bits per heavy atom. The molecule has 1 heterocycles. The number of aromatic nitrogens is 2. The zero-order valence-corrected chi connectivity index (χ0v) is 8.80. The molecule has 2 aromatic rings. The molecule has 0 saturated carbocycles. The lowest BCUT2D eigenvalue weighted by atomic mass is 10.1. The molecule has 0 amide bonds. The van der Waals surface area contributed by atoms with Crippen LogP contribution in [-0.4, -0.2) is 15.4 Å². The quantitative estimate of drug-likeness (QED) is 0.773. The van der Waals surface area contributed by atoms with Crippen molar-refractivity contribution < 1.29 is 13.6 Å². The van der Waals surface area contributed by atoms with E-state index in [1.165, 1.54) is 18.3 Å². The van der Waals surface area contributed by atoms with Gasteiger partial charge in [-0.05, 0) is 23.2 Å². The third-order valence-electron chi connectivity index (χ3n) is 2.02. The normalized spacial score (nSPS) is 10.4. The lowest BCUT2D eigenvalue weighted by molar-refractivity contribution is 0.0995. The Bertz CT molecular complexity index is 514. The number of ketones is 1. The highest BCUT2D eigenvalue weighted by molar-refractivity contribution is 7.07. The van der Waals surface area contributed by atoms with Gasteiger partial charge in [0.25, 0.3) is 0 Å². The van der Waals surface area contributed by atoms with Crippen molar-refractivity contribution in [2.75, 3.05) is 0 Å². The summed E-state index contributed by atoms with van der Waals surface area (Å²) in [6, 6.07) is 3.76. The van der Waals surface area contributed by atoms with Gasteiger partial charge in [0.15, 0.2) is 17.4 Å². The van der Waals surface area contributed by atoms with Crippen molar-refractivity contribution in [1.82, 2.24) is 9.59 Å². The van der Waals surface area contributed by atoms with Gasteiger partial charge in [-0.15, -0.1) is 5.10 Å². The zero-order valence-electron chi connectivity index (χ0n) is 7.98. The maximum Gasteiger partial charge on any atom is 0.180 e. The predicted molar refractivity (Wildman–Crippen MR) is 54.3 cm³/mol. The second-order valence-corrected chi connectivity index (χ2v) is 3.88. The van der Waals surface area contributed by atoms with Gasteiger partial charge in [-0.25, -0.2) is 8.78 Å². The van der Waals surface area contributed by atoms with Crippen LogP contribution in [0.15, 0.2) is 24.4 Å². The molecule has 1 aromatic heterocycles. The monoisotopic (exact) mass is 240 g/mol. The van der Waals surface area contributed by atoms with Crippen LogP contribution < -0.4 is 0 Å². The van der Waals surface area contributed by atoms with Crippen molar-refractivity contribution >= 4 is 17.3 Å². The molecular weight excluding hydrogens is 234 g/mol. The molecule has 0 atom stereocenters. The first kappa shape index (κ1) is 10.8. The average Bonchev–Trinajstić information content (AvgIpc) is 2.78. The molecule has 2 rings (SSSR count). The van der Waals surface area contributed by atoms with Gasteiger partial charge in [-0.1, -0.05) is 16.6 Å². The highest BCUT2D eigenvalue weighted by Gasteiger charge is 2.14. The Hall–Kier alpha value is -1.69.